The first-order valence-electron chi connectivity index (χ1n) is 13.1. The van der Waals surface area contributed by atoms with E-state index in [4.69, 9.17) is 13.9 Å². The van der Waals surface area contributed by atoms with Crippen molar-refractivity contribution < 1.29 is 19.0 Å². The van der Waals surface area contributed by atoms with E-state index in [0.29, 0.717) is 17.8 Å². The number of aliphatic hydroxyl groups excluding tert-OH is 1. The smallest absolute Gasteiger partial charge is 0.192 e. The molecule has 5 atom stereocenters. The molecule has 2 aliphatic carbocycles. The van der Waals surface area contributed by atoms with Crippen molar-refractivity contribution in [3.63, 3.8) is 0 Å². The average Bonchev–Trinajstić information content (AvgIpc) is 3.16. The van der Waals surface area contributed by atoms with Crippen LogP contribution in [-0.2, 0) is 13.9 Å². The summed E-state index contributed by atoms with van der Waals surface area (Å²) in [5.41, 5.74) is 0.0961. The molecule has 0 aromatic carbocycles. The van der Waals surface area contributed by atoms with Crippen LogP contribution in [0, 0.1) is 23.2 Å². The van der Waals surface area contributed by atoms with Crippen LogP contribution < -0.4 is 0 Å². The van der Waals surface area contributed by atoms with Gasteiger partial charge < -0.3 is 19.0 Å². The maximum absolute atomic E-state index is 10.6. The second-order valence-electron chi connectivity index (χ2n) is 13.2. The number of fused-ring (bicyclic) bond motifs is 1. The Morgan fingerprint density at radius 2 is 1.78 bits per heavy atom. The lowest BCUT2D eigenvalue weighted by atomic mass is 9.89. The summed E-state index contributed by atoms with van der Waals surface area (Å²) < 4.78 is 19.7. The van der Waals surface area contributed by atoms with Gasteiger partial charge >= 0.3 is 0 Å². The van der Waals surface area contributed by atoms with Crippen molar-refractivity contribution in [1.29, 1.82) is 0 Å². The molecule has 1 saturated heterocycles. The van der Waals surface area contributed by atoms with Crippen molar-refractivity contribution in [2.45, 2.75) is 123 Å². The van der Waals surface area contributed by atoms with Gasteiger partial charge in [-0.15, -0.1) is 0 Å². The van der Waals surface area contributed by atoms with Gasteiger partial charge in [0.05, 0.1) is 25.4 Å². The minimum absolute atomic E-state index is 0.0961. The molecule has 0 bridgehead atoms. The maximum Gasteiger partial charge on any atom is 0.192 e. The second-order valence-corrected chi connectivity index (χ2v) is 17.9. The summed E-state index contributed by atoms with van der Waals surface area (Å²) in [4.78, 5) is 0. The highest BCUT2D eigenvalue weighted by atomic mass is 28.4. The van der Waals surface area contributed by atoms with Crippen LogP contribution in [0.5, 0.6) is 0 Å². The summed E-state index contributed by atoms with van der Waals surface area (Å²) in [6, 6.07) is 0. The molecule has 3 fully saturated rings. The normalized spacial score (nSPS) is 33.2. The Labute approximate surface area is 198 Å². The molecule has 0 unspecified atom stereocenters. The Kier molecular flexibility index (Phi) is 8.09. The van der Waals surface area contributed by atoms with Gasteiger partial charge in [-0.3, -0.25) is 0 Å². The largest absolute Gasteiger partial charge is 0.413 e. The zero-order chi connectivity index (χ0) is 23.8. The molecule has 186 valence electrons. The summed E-state index contributed by atoms with van der Waals surface area (Å²) in [5, 5.41) is 10.8. The van der Waals surface area contributed by atoms with Crippen LogP contribution in [0.3, 0.4) is 0 Å². The van der Waals surface area contributed by atoms with Gasteiger partial charge in [-0.05, 0) is 42.8 Å². The number of hydrogen-bond donors (Lipinski definition) is 1. The lowest BCUT2D eigenvalue weighted by Gasteiger charge is -2.43. The van der Waals surface area contributed by atoms with Gasteiger partial charge in [-0.25, -0.2) is 0 Å². The van der Waals surface area contributed by atoms with Crippen molar-refractivity contribution in [3.8, 4) is 0 Å². The molecule has 32 heavy (non-hydrogen) atoms. The van der Waals surface area contributed by atoms with E-state index in [1.807, 2.05) is 0 Å². The molecule has 0 aromatic rings. The van der Waals surface area contributed by atoms with Crippen molar-refractivity contribution in [3.05, 3.63) is 12.2 Å². The van der Waals surface area contributed by atoms with Crippen LogP contribution in [-0.4, -0.2) is 44.6 Å². The Balaban J connectivity index is 1.74. The molecular formula is C27H50O4Si. The van der Waals surface area contributed by atoms with E-state index >= 15 is 0 Å². The molecule has 1 spiro atoms. The summed E-state index contributed by atoms with van der Waals surface area (Å²) in [6.45, 7) is 19.8. The molecule has 0 amide bonds. The molecule has 0 aromatic heterocycles. The Morgan fingerprint density at radius 1 is 1.12 bits per heavy atom. The Bertz CT molecular complexity index is 641. The molecule has 3 aliphatic rings. The standard InChI is InChI=1S/C27H50O4Si/c1-9-10-11-12-21(28)13-14-22-23-17-27(29-18-26(5,6)19-30-27)16-20(23)15-24(22)31-32(7,8)25(2,3)4/h13-14,20-24,28H,9-12,15-19H2,1-8H3/t20-,21+,22+,23+,24-/m1/s1. The monoisotopic (exact) mass is 466 g/mol. The van der Waals surface area contributed by atoms with E-state index in [9.17, 15) is 5.11 Å². The van der Waals surface area contributed by atoms with Gasteiger partial charge in [0.15, 0.2) is 14.1 Å². The topological polar surface area (TPSA) is 47.9 Å². The highest BCUT2D eigenvalue weighted by Gasteiger charge is 2.58. The number of hydrogen-bond acceptors (Lipinski definition) is 4. The third-order valence-electron chi connectivity index (χ3n) is 8.55. The van der Waals surface area contributed by atoms with Crippen molar-refractivity contribution in [1.82, 2.24) is 0 Å². The number of unbranched alkanes of at least 4 members (excludes halogenated alkanes) is 2. The summed E-state index contributed by atoms with van der Waals surface area (Å²) in [6.07, 6.45) is 11.6. The van der Waals surface area contributed by atoms with E-state index in [-0.39, 0.29) is 22.7 Å². The lowest BCUT2D eigenvalue weighted by molar-refractivity contribution is -0.298. The average molecular weight is 467 g/mol. The number of aliphatic hydroxyl groups is 1. The van der Waals surface area contributed by atoms with Gasteiger partial charge in [0.25, 0.3) is 0 Å². The predicted octanol–water partition coefficient (Wildman–Crippen LogP) is 6.69. The molecule has 0 radical (unpaired) electrons. The number of rotatable bonds is 8. The third-order valence-corrected chi connectivity index (χ3v) is 13.1. The second kappa shape index (κ2) is 9.81. The quantitative estimate of drug-likeness (QED) is 0.246. The van der Waals surface area contributed by atoms with Crippen LogP contribution in [0.25, 0.3) is 0 Å². The molecule has 4 nitrogen and oxygen atoms in total. The fraction of sp³-hybridized carbons (Fsp3) is 0.926. The summed E-state index contributed by atoms with van der Waals surface area (Å²) in [7, 11) is -1.87. The first kappa shape index (κ1) is 26.4. The van der Waals surface area contributed by atoms with Crippen LogP contribution in [0.1, 0.15) is 86.5 Å². The van der Waals surface area contributed by atoms with Crippen LogP contribution in [0.4, 0.5) is 0 Å². The Hall–Kier alpha value is -0.203. The van der Waals surface area contributed by atoms with E-state index in [1.165, 1.54) is 12.8 Å². The lowest BCUT2D eigenvalue weighted by Crippen LogP contribution is -2.47. The fourth-order valence-electron chi connectivity index (χ4n) is 5.48. The van der Waals surface area contributed by atoms with Crippen LogP contribution in [0.2, 0.25) is 18.1 Å². The predicted molar refractivity (Wildman–Crippen MR) is 134 cm³/mol. The van der Waals surface area contributed by atoms with Gasteiger partial charge in [0.1, 0.15) is 0 Å². The maximum atomic E-state index is 10.6. The van der Waals surface area contributed by atoms with Gasteiger partial charge in [0, 0.05) is 24.2 Å². The SMILES string of the molecule is CCCCC[C@H](O)C=C[C@H]1[C@H]2CC3(C[C@H]2C[C@H]1O[Si](C)(C)C(C)(C)C)OCC(C)(C)CO3. The van der Waals surface area contributed by atoms with Crippen molar-refractivity contribution in [2.24, 2.45) is 23.2 Å². The fourth-order valence-corrected chi connectivity index (χ4v) is 6.84. The molecule has 1 N–H and O–H groups in total. The summed E-state index contributed by atoms with van der Waals surface area (Å²) >= 11 is 0. The molecule has 5 heteroatoms. The summed E-state index contributed by atoms with van der Waals surface area (Å²) in [5.74, 6) is 0.998. The van der Waals surface area contributed by atoms with E-state index in [1.54, 1.807) is 0 Å². The minimum Gasteiger partial charge on any atom is -0.413 e. The molecule has 3 rings (SSSR count). The molecule has 2 saturated carbocycles. The van der Waals surface area contributed by atoms with E-state index in [2.05, 4.69) is 66.8 Å². The van der Waals surface area contributed by atoms with E-state index < -0.39 is 14.1 Å². The first-order chi connectivity index (χ1) is 14.8. The number of ether oxygens (including phenoxy) is 2. The minimum atomic E-state index is -1.87. The molecular weight excluding hydrogens is 416 g/mol. The highest BCUT2D eigenvalue weighted by Crippen LogP contribution is 2.57. The first-order valence-corrected chi connectivity index (χ1v) is 16.0. The van der Waals surface area contributed by atoms with Crippen molar-refractivity contribution >= 4 is 8.32 Å². The Morgan fingerprint density at radius 3 is 2.38 bits per heavy atom. The van der Waals surface area contributed by atoms with Crippen LogP contribution >= 0.6 is 0 Å². The van der Waals surface area contributed by atoms with Gasteiger partial charge in [-0.2, -0.15) is 0 Å². The third kappa shape index (κ3) is 6.07. The van der Waals surface area contributed by atoms with E-state index in [0.717, 1.165) is 45.3 Å². The highest BCUT2D eigenvalue weighted by molar-refractivity contribution is 6.74. The molecule has 1 heterocycles. The van der Waals surface area contributed by atoms with Crippen LogP contribution in [0.15, 0.2) is 12.2 Å². The van der Waals surface area contributed by atoms with Gasteiger partial charge in [-0.1, -0.05) is 73.0 Å². The van der Waals surface area contributed by atoms with Gasteiger partial charge in [0.2, 0.25) is 0 Å². The zero-order valence-electron chi connectivity index (χ0n) is 22.1. The zero-order valence-corrected chi connectivity index (χ0v) is 23.1. The van der Waals surface area contributed by atoms with Crippen molar-refractivity contribution in [2.75, 3.05) is 13.2 Å². The molecule has 1 aliphatic heterocycles.